The van der Waals surface area contributed by atoms with Crippen LogP contribution in [-0.2, 0) is 14.3 Å². The van der Waals surface area contributed by atoms with Gasteiger partial charge in [0.1, 0.15) is 0 Å². The fraction of sp³-hybridized carbons (Fsp3) is 0.727. The van der Waals surface area contributed by atoms with Crippen molar-refractivity contribution in [3.05, 3.63) is 12.7 Å². The molecule has 0 amide bonds. The highest BCUT2D eigenvalue weighted by Crippen LogP contribution is 2.66. The fourth-order valence-electron chi connectivity index (χ4n) is 2.22. The topological polar surface area (TPSA) is 55.8 Å². The molecule has 1 aliphatic rings. The quantitative estimate of drug-likeness (QED) is 0.400. The first-order chi connectivity index (χ1) is 12.0. The van der Waals surface area contributed by atoms with Crippen molar-refractivity contribution in [3.63, 3.8) is 0 Å². The van der Waals surface area contributed by atoms with E-state index in [1.54, 1.807) is 0 Å². The molecule has 164 valence electrons. The van der Waals surface area contributed by atoms with Gasteiger partial charge in [0.2, 0.25) is 6.10 Å². The van der Waals surface area contributed by atoms with Crippen molar-refractivity contribution >= 4 is 5.97 Å². The number of carbonyl (C=O) groups is 1. The molecule has 1 N–H and O–H groups in total. The highest BCUT2D eigenvalue weighted by atomic mass is 19.4. The predicted molar refractivity (Wildman–Crippen MR) is 56.9 cm³/mol. The second kappa shape index (κ2) is 6.11. The summed E-state index contributed by atoms with van der Waals surface area (Å²) in [6.45, 7) is 2.32. The van der Waals surface area contributed by atoms with Gasteiger partial charge in [-0.1, -0.05) is 6.58 Å². The van der Waals surface area contributed by atoms with Crippen LogP contribution in [0.4, 0.5) is 57.1 Å². The standard InChI is InChI=1S/C11H5F13O4/c1-2-3(25)27-7(10(19,20)21)5(12,13)4(6(14,15)16)28-9(26,8(7,17)18)11(22,23)24/h2,4,26H,1H2. The number of carbonyl (C=O) groups excluding carboxylic acids is 1. The molecule has 0 bridgehead atoms. The third-order valence-corrected chi connectivity index (χ3v) is 3.46. The molecule has 0 aromatic rings. The highest BCUT2D eigenvalue weighted by Gasteiger charge is 2.99. The Morgan fingerprint density at radius 1 is 0.964 bits per heavy atom. The molecule has 0 radical (unpaired) electrons. The molecule has 17 heteroatoms. The maximum atomic E-state index is 14.1. The Morgan fingerprint density at radius 2 is 1.39 bits per heavy atom. The summed E-state index contributed by atoms with van der Waals surface area (Å²) in [6, 6.07) is 0. The smallest absolute Gasteiger partial charge is 0.433 e. The zero-order valence-electron chi connectivity index (χ0n) is 12.4. The minimum Gasteiger partial charge on any atom is -0.433 e. The van der Waals surface area contributed by atoms with Gasteiger partial charge in [-0.3, -0.25) is 0 Å². The summed E-state index contributed by atoms with van der Waals surface area (Å²) >= 11 is 0. The van der Waals surface area contributed by atoms with Gasteiger partial charge in [-0.25, -0.2) is 4.79 Å². The van der Waals surface area contributed by atoms with Gasteiger partial charge in [-0.05, 0) is 0 Å². The highest BCUT2D eigenvalue weighted by molar-refractivity contribution is 5.82. The molecule has 1 rings (SSSR count). The first-order valence-electron chi connectivity index (χ1n) is 6.26. The lowest BCUT2D eigenvalue weighted by Gasteiger charge is -2.55. The maximum Gasteiger partial charge on any atom is 0.449 e. The average Bonchev–Trinajstić information content (AvgIpc) is 2.43. The largest absolute Gasteiger partial charge is 0.449 e. The summed E-state index contributed by atoms with van der Waals surface area (Å²) in [6.07, 6.45) is -27.7. The first kappa shape index (κ1) is 24.3. The number of hydrogen-bond donors (Lipinski definition) is 1. The second-order valence-corrected chi connectivity index (χ2v) is 5.18. The van der Waals surface area contributed by atoms with E-state index in [2.05, 4.69) is 16.1 Å². The summed E-state index contributed by atoms with van der Waals surface area (Å²) in [7, 11) is 0. The monoisotopic (exact) mass is 448 g/mol. The van der Waals surface area contributed by atoms with Crippen molar-refractivity contribution in [2.45, 2.75) is 47.9 Å². The van der Waals surface area contributed by atoms with Crippen LogP contribution in [0, 0.1) is 0 Å². The lowest BCUT2D eigenvalue weighted by atomic mass is 9.76. The number of hydrogen-bond acceptors (Lipinski definition) is 4. The Bertz CT molecular complexity index is 648. The Hall–Kier alpha value is -1.78. The minimum absolute atomic E-state index is 0.523. The molecule has 0 saturated carbocycles. The van der Waals surface area contributed by atoms with E-state index in [1.807, 2.05) is 0 Å². The van der Waals surface area contributed by atoms with Crippen molar-refractivity contribution in [2.24, 2.45) is 0 Å². The summed E-state index contributed by atoms with van der Waals surface area (Å²) in [5, 5.41) is 8.94. The predicted octanol–water partition coefficient (Wildman–Crippen LogP) is 3.50. The Balaban J connectivity index is 4.13. The fourth-order valence-corrected chi connectivity index (χ4v) is 2.22. The lowest BCUT2D eigenvalue weighted by molar-refractivity contribution is -0.555. The molecule has 1 fully saturated rings. The van der Waals surface area contributed by atoms with Crippen LogP contribution in [0.2, 0.25) is 0 Å². The first-order valence-corrected chi connectivity index (χ1v) is 6.26. The van der Waals surface area contributed by atoms with Crippen molar-refractivity contribution in [3.8, 4) is 0 Å². The zero-order chi connectivity index (χ0) is 22.8. The van der Waals surface area contributed by atoms with E-state index in [0.717, 1.165) is 0 Å². The van der Waals surface area contributed by atoms with Gasteiger partial charge in [0, 0.05) is 6.08 Å². The van der Waals surface area contributed by atoms with Gasteiger partial charge >= 0.3 is 47.7 Å². The van der Waals surface area contributed by atoms with Gasteiger partial charge in [0.15, 0.2) is 0 Å². The number of alkyl halides is 13. The van der Waals surface area contributed by atoms with E-state index in [-0.39, 0.29) is 0 Å². The van der Waals surface area contributed by atoms with Crippen molar-refractivity contribution in [1.29, 1.82) is 0 Å². The molecule has 0 aromatic heterocycles. The number of esters is 1. The zero-order valence-corrected chi connectivity index (χ0v) is 12.4. The molecule has 4 nitrogen and oxygen atoms in total. The van der Waals surface area contributed by atoms with Crippen LogP contribution >= 0.6 is 0 Å². The minimum atomic E-state index is -7.49. The average molecular weight is 448 g/mol. The van der Waals surface area contributed by atoms with Crippen LogP contribution in [0.15, 0.2) is 12.7 Å². The summed E-state index contributed by atoms with van der Waals surface area (Å²) in [4.78, 5) is 10.9. The van der Waals surface area contributed by atoms with Crippen LogP contribution < -0.4 is 0 Å². The van der Waals surface area contributed by atoms with E-state index in [4.69, 9.17) is 5.11 Å². The van der Waals surface area contributed by atoms with E-state index in [9.17, 15) is 61.9 Å². The summed E-state index contributed by atoms with van der Waals surface area (Å²) in [5.74, 6) is -24.2. The third-order valence-electron chi connectivity index (χ3n) is 3.46. The normalized spacial score (nSPS) is 33.3. The molecule has 3 unspecified atom stereocenters. The van der Waals surface area contributed by atoms with Crippen LogP contribution in [0.25, 0.3) is 0 Å². The third kappa shape index (κ3) is 2.89. The molecule has 1 aliphatic heterocycles. The van der Waals surface area contributed by atoms with Crippen LogP contribution in [0.3, 0.4) is 0 Å². The van der Waals surface area contributed by atoms with E-state index in [1.165, 1.54) is 0 Å². The maximum absolute atomic E-state index is 14.1. The van der Waals surface area contributed by atoms with Gasteiger partial charge in [-0.2, -0.15) is 57.1 Å². The van der Waals surface area contributed by atoms with Crippen LogP contribution in [0.5, 0.6) is 0 Å². The number of halogens is 13. The Morgan fingerprint density at radius 3 is 1.68 bits per heavy atom. The van der Waals surface area contributed by atoms with Crippen molar-refractivity contribution in [2.75, 3.05) is 0 Å². The number of ether oxygens (including phenoxy) is 2. The van der Waals surface area contributed by atoms with Gasteiger partial charge in [0.05, 0.1) is 0 Å². The number of aliphatic hydroxyl groups is 1. The number of rotatable bonds is 2. The van der Waals surface area contributed by atoms with E-state index >= 15 is 0 Å². The summed E-state index contributed by atoms with van der Waals surface area (Å²) < 4.78 is 178. The van der Waals surface area contributed by atoms with Crippen LogP contribution in [0.1, 0.15) is 0 Å². The van der Waals surface area contributed by atoms with Crippen molar-refractivity contribution < 1.29 is 76.5 Å². The van der Waals surface area contributed by atoms with Gasteiger partial charge < -0.3 is 14.6 Å². The molecule has 1 saturated heterocycles. The molecule has 3 atom stereocenters. The summed E-state index contributed by atoms with van der Waals surface area (Å²) in [5.41, 5.74) is -7.15. The van der Waals surface area contributed by atoms with Gasteiger partial charge in [-0.15, -0.1) is 0 Å². The molecule has 28 heavy (non-hydrogen) atoms. The molecular weight excluding hydrogens is 443 g/mol. The SMILES string of the molecule is C=CC(=O)OC1(C(F)(F)F)C(F)(F)C(C(F)(F)F)OC(O)(C(F)(F)F)C1(F)F. The molecule has 0 aliphatic carbocycles. The molecule has 0 aromatic carbocycles. The Labute approximate surface area is 144 Å². The van der Waals surface area contributed by atoms with Gasteiger partial charge in [0.25, 0.3) is 0 Å². The second-order valence-electron chi connectivity index (χ2n) is 5.18. The van der Waals surface area contributed by atoms with Crippen LogP contribution in [-0.4, -0.2) is 58.9 Å². The van der Waals surface area contributed by atoms with Crippen molar-refractivity contribution in [1.82, 2.24) is 0 Å². The molecule has 0 spiro atoms. The van der Waals surface area contributed by atoms with E-state index < -0.39 is 59.9 Å². The lowest BCUT2D eigenvalue weighted by Crippen LogP contribution is -2.87. The molecular formula is C11H5F13O4. The van der Waals surface area contributed by atoms with E-state index in [0.29, 0.717) is 0 Å². The Kier molecular flexibility index (Phi) is 5.29. The molecule has 1 heterocycles.